The Kier molecular flexibility index (Phi) is 5.53. The monoisotopic (exact) mass is 389 g/mol. The molecule has 3 rings (SSSR count). The van der Waals surface area contributed by atoms with Crippen LogP contribution in [0.15, 0.2) is 20.9 Å². The third-order valence-electron chi connectivity index (χ3n) is 4.85. The average Bonchev–Trinajstić information content (AvgIpc) is 3.33. The fourth-order valence-corrected chi connectivity index (χ4v) is 3.36. The van der Waals surface area contributed by atoms with Crippen molar-refractivity contribution < 1.29 is 5.11 Å². The lowest BCUT2D eigenvalue weighted by Gasteiger charge is -2.20. The van der Waals surface area contributed by atoms with Crippen LogP contribution in [0, 0.1) is 16.2 Å². The van der Waals surface area contributed by atoms with Gasteiger partial charge in [0.1, 0.15) is 16.6 Å². The molecule has 0 amide bonds. The third kappa shape index (κ3) is 4.40. The topological polar surface area (TPSA) is 118 Å². The van der Waals surface area contributed by atoms with Crippen molar-refractivity contribution in [2.75, 3.05) is 0 Å². The summed E-state index contributed by atoms with van der Waals surface area (Å²) in [4.78, 5) is 36.3. The molecule has 1 saturated carbocycles. The highest BCUT2D eigenvalue weighted by Crippen LogP contribution is 2.34. The number of hydrogen-bond acceptors (Lipinski definition) is 6. The van der Waals surface area contributed by atoms with Crippen LogP contribution in [-0.2, 0) is 13.1 Å². The summed E-state index contributed by atoms with van der Waals surface area (Å²) in [7, 11) is 0. The Labute approximate surface area is 162 Å². The first-order valence-corrected chi connectivity index (χ1v) is 9.64. The molecule has 2 aromatic heterocycles. The highest BCUT2D eigenvalue weighted by Gasteiger charge is 2.22. The van der Waals surface area contributed by atoms with Gasteiger partial charge in [-0.2, -0.15) is 9.61 Å². The molecule has 1 aliphatic carbocycles. The largest absolute Gasteiger partial charge is 0.511 e. The smallest absolute Gasteiger partial charge is 0.289 e. The predicted molar refractivity (Wildman–Crippen MR) is 106 cm³/mol. The van der Waals surface area contributed by atoms with Gasteiger partial charge in [0.05, 0.1) is 12.2 Å². The minimum absolute atomic E-state index is 0.0424. The molecule has 9 nitrogen and oxygen atoms in total. The minimum atomic E-state index is -0.639. The quantitative estimate of drug-likeness (QED) is 0.523. The van der Waals surface area contributed by atoms with Gasteiger partial charge < -0.3 is 5.11 Å². The molecule has 2 N–H and O–H groups in total. The summed E-state index contributed by atoms with van der Waals surface area (Å²) in [5, 5.41) is 17.1. The van der Waals surface area contributed by atoms with Gasteiger partial charge in [-0.3, -0.25) is 19.6 Å². The second kappa shape index (κ2) is 7.73. The summed E-state index contributed by atoms with van der Waals surface area (Å²) in [5.41, 5.74) is 1.62. The van der Waals surface area contributed by atoms with Gasteiger partial charge in [-0.25, -0.2) is 0 Å². The Morgan fingerprint density at radius 1 is 1.32 bits per heavy atom. The lowest BCUT2D eigenvalue weighted by molar-refractivity contribution is 0.340. The molecule has 0 bridgehead atoms. The molecule has 2 aromatic rings. The van der Waals surface area contributed by atoms with Crippen molar-refractivity contribution in [1.82, 2.24) is 19.6 Å². The number of hydrogen-bond donors (Lipinski definition) is 2. The second-order valence-electron chi connectivity index (χ2n) is 8.75. The van der Waals surface area contributed by atoms with E-state index in [4.69, 9.17) is 0 Å². The van der Waals surface area contributed by atoms with Crippen LogP contribution in [0.4, 0.5) is 0 Å². The number of aromatic nitrogens is 3. The molecule has 28 heavy (non-hydrogen) atoms. The molecule has 0 atom stereocenters. The number of rotatable bonds is 8. The summed E-state index contributed by atoms with van der Waals surface area (Å²) in [6, 6.07) is 1.58. The first-order chi connectivity index (χ1) is 13.2. The van der Waals surface area contributed by atoms with Gasteiger partial charge in [-0.1, -0.05) is 40.0 Å². The fraction of sp³-hybridized carbons (Fsp3) is 0.632. The Morgan fingerprint density at radius 3 is 2.64 bits per heavy atom. The molecule has 1 aliphatic rings. The van der Waals surface area contributed by atoms with E-state index in [1.807, 2.05) is 20.8 Å². The molecular formula is C19H27N5O4. The number of aliphatic hydroxyl groups excluding tert-OH is 1. The van der Waals surface area contributed by atoms with Gasteiger partial charge in [-0.05, 0) is 17.8 Å². The Balaban J connectivity index is 2.15. The van der Waals surface area contributed by atoms with E-state index in [2.05, 4.69) is 15.8 Å². The summed E-state index contributed by atoms with van der Waals surface area (Å²) < 4.78 is 2.60. The molecule has 2 heterocycles. The maximum Gasteiger partial charge on any atom is 0.289 e. The first kappa shape index (κ1) is 20.0. The maximum absolute atomic E-state index is 13.1. The van der Waals surface area contributed by atoms with Gasteiger partial charge in [0.15, 0.2) is 0 Å². The maximum atomic E-state index is 13.1. The molecular weight excluding hydrogens is 362 g/mol. The van der Waals surface area contributed by atoms with Crippen molar-refractivity contribution in [3.63, 3.8) is 0 Å². The second-order valence-corrected chi connectivity index (χ2v) is 8.75. The van der Waals surface area contributed by atoms with Gasteiger partial charge >= 0.3 is 0 Å². The van der Waals surface area contributed by atoms with Crippen LogP contribution >= 0.6 is 0 Å². The summed E-state index contributed by atoms with van der Waals surface area (Å²) >= 11 is 0. The molecule has 0 saturated heterocycles. The number of nitrogens with zero attached hydrogens (tertiary/aromatic N) is 4. The third-order valence-corrected chi connectivity index (χ3v) is 4.85. The van der Waals surface area contributed by atoms with Gasteiger partial charge in [-0.15, -0.1) is 4.91 Å². The van der Waals surface area contributed by atoms with E-state index in [1.54, 1.807) is 6.07 Å². The standard InChI is InChI=1S/C19H27N5O4/c1-19(2,3)11-23-15-9-13(10-20-22-28)21-24(15)18(27)16(17(23)26)14(25)6-4-5-12-7-8-12/h9,12,25H,4-8,10-11H2,1-3H3,(H,20,28). The summed E-state index contributed by atoms with van der Waals surface area (Å²) in [6.07, 6.45) is 4.47. The minimum Gasteiger partial charge on any atom is -0.511 e. The highest BCUT2D eigenvalue weighted by atomic mass is 16.3. The Morgan fingerprint density at radius 2 is 2.04 bits per heavy atom. The van der Waals surface area contributed by atoms with Crippen molar-refractivity contribution >= 4 is 11.4 Å². The normalized spacial score (nSPS) is 15.7. The summed E-state index contributed by atoms with van der Waals surface area (Å²) in [6.45, 7) is 6.34. The Hall–Kier alpha value is -2.71. The molecule has 0 aromatic carbocycles. The van der Waals surface area contributed by atoms with Crippen molar-refractivity contribution in [2.24, 2.45) is 16.6 Å². The van der Waals surface area contributed by atoms with Crippen molar-refractivity contribution in [3.05, 3.63) is 42.6 Å². The molecule has 9 heteroatoms. The van der Waals surface area contributed by atoms with E-state index in [9.17, 15) is 19.6 Å². The van der Waals surface area contributed by atoms with Crippen LogP contribution in [0.5, 0.6) is 0 Å². The number of aliphatic hydroxyl groups is 1. The van der Waals surface area contributed by atoms with Crippen LogP contribution in [0.2, 0.25) is 0 Å². The van der Waals surface area contributed by atoms with E-state index < -0.39 is 11.1 Å². The van der Waals surface area contributed by atoms with Crippen LogP contribution in [-0.4, -0.2) is 19.3 Å². The van der Waals surface area contributed by atoms with Gasteiger partial charge in [0.2, 0.25) is 0 Å². The van der Waals surface area contributed by atoms with Crippen molar-refractivity contribution in [3.8, 4) is 0 Å². The molecule has 152 valence electrons. The van der Waals surface area contributed by atoms with E-state index in [0.29, 0.717) is 30.2 Å². The fourth-order valence-electron chi connectivity index (χ4n) is 3.36. The number of fused-ring (bicyclic) bond motifs is 1. The lowest BCUT2D eigenvalue weighted by atomic mass is 9.97. The molecule has 1 fully saturated rings. The number of nitroso groups, excluding NO2 is 1. The highest BCUT2D eigenvalue weighted by molar-refractivity contribution is 5.43. The van der Waals surface area contributed by atoms with E-state index in [1.165, 1.54) is 17.4 Å². The van der Waals surface area contributed by atoms with Crippen LogP contribution in [0.1, 0.15) is 58.6 Å². The van der Waals surface area contributed by atoms with Gasteiger partial charge in [0.25, 0.3) is 11.1 Å². The van der Waals surface area contributed by atoms with Crippen LogP contribution in [0.3, 0.4) is 0 Å². The predicted octanol–water partition coefficient (Wildman–Crippen LogP) is 1.64. The van der Waals surface area contributed by atoms with E-state index in [0.717, 1.165) is 17.4 Å². The molecule has 0 aliphatic heterocycles. The lowest BCUT2D eigenvalue weighted by Crippen LogP contribution is -2.50. The zero-order valence-electron chi connectivity index (χ0n) is 16.6. The molecule has 0 radical (unpaired) electrons. The van der Waals surface area contributed by atoms with Crippen molar-refractivity contribution in [1.29, 1.82) is 0 Å². The Bertz CT molecular complexity index is 1040. The zero-order chi connectivity index (χ0) is 20.5. The van der Waals surface area contributed by atoms with Crippen LogP contribution < -0.4 is 21.8 Å². The zero-order valence-corrected chi connectivity index (χ0v) is 16.6. The SMILES string of the molecule is CC(C)(C)Cn1c(=O)c(=C(O)CCCC2CC2)c(=O)n2nc(CNN=O)cc12. The van der Waals surface area contributed by atoms with E-state index >= 15 is 0 Å². The first-order valence-electron chi connectivity index (χ1n) is 9.64. The number of nitrogens with one attached hydrogen (secondary N) is 1. The molecule has 0 spiro atoms. The molecule has 0 unspecified atom stereocenters. The van der Waals surface area contributed by atoms with E-state index in [-0.39, 0.29) is 22.9 Å². The average molecular weight is 389 g/mol. The van der Waals surface area contributed by atoms with Crippen LogP contribution in [0.25, 0.3) is 11.4 Å². The van der Waals surface area contributed by atoms with Crippen molar-refractivity contribution in [2.45, 2.75) is 66.0 Å². The summed E-state index contributed by atoms with van der Waals surface area (Å²) in [5.74, 6) is 0.539. The van der Waals surface area contributed by atoms with Gasteiger partial charge in [0, 0.05) is 24.3 Å².